The number of benzene rings is 1. The number of thiophene rings is 1. The molecule has 1 aromatic heterocycles. The average molecular weight is 311 g/mol. The van der Waals surface area contributed by atoms with Gasteiger partial charge in [-0.1, -0.05) is 6.07 Å². The molecule has 0 aliphatic carbocycles. The Morgan fingerprint density at radius 1 is 1.30 bits per heavy atom. The van der Waals surface area contributed by atoms with Gasteiger partial charge in [-0.3, -0.25) is 0 Å². The van der Waals surface area contributed by atoms with E-state index in [2.05, 4.69) is 10.0 Å². The molecule has 2 rings (SSSR count). The fourth-order valence-electron chi connectivity index (χ4n) is 1.75. The normalized spacial score (nSPS) is 11.5. The molecular weight excluding hydrogens is 294 g/mol. The molecule has 0 atom stereocenters. The van der Waals surface area contributed by atoms with E-state index in [-0.39, 0.29) is 4.90 Å². The van der Waals surface area contributed by atoms with E-state index >= 15 is 0 Å². The van der Waals surface area contributed by atoms with Gasteiger partial charge < -0.3 is 11.1 Å². The van der Waals surface area contributed by atoms with Crippen LogP contribution in [0.25, 0.3) is 0 Å². The van der Waals surface area contributed by atoms with Crippen molar-refractivity contribution in [1.82, 2.24) is 4.72 Å². The van der Waals surface area contributed by atoms with Crippen LogP contribution in [0.4, 0.5) is 11.4 Å². The molecule has 1 aromatic carbocycles. The Bertz CT molecular complexity index is 708. The van der Waals surface area contributed by atoms with Crippen LogP contribution in [0, 0.1) is 6.92 Å². The third-order valence-electron chi connectivity index (χ3n) is 3.01. The quantitative estimate of drug-likeness (QED) is 0.790. The van der Waals surface area contributed by atoms with E-state index in [0.717, 1.165) is 21.8 Å². The van der Waals surface area contributed by atoms with Gasteiger partial charge in [-0.2, -0.15) is 0 Å². The van der Waals surface area contributed by atoms with Crippen molar-refractivity contribution in [3.8, 4) is 0 Å². The van der Waals surface area contributed by atoms with Gasteiger partial charge in [-0.25, -0.2) is 13.1 Å². The number of hydrogen-bond donors (Lipinski definition) is 3. The van der Waals surface area contributed by atoms with Gasteiger partial charge in [0.15, 0.2) is 0 Å². The van der Waals surface area contributed by atoms with Gasteiger partial charge in [0.2, 0.25) is 10.0 Å². The second-order valence-corrected chi connectivity index (χ2v) is 7.22. The summed E-state index contributed by atoms with van der Waals surface area (Å²) in [6.07, 6.45) is 0. The van der Waals surface area contributed by atoms with Crippen molar-refractivity contribution in [2.75, 3.05) is 18.1 Å². The van der Waals surface area contributed by atoms with Crippen LogP contribution in [0.2, 0.25) is 0 Å². The monoisotopic (exact) mass is 311 g/mol. The molecule has 4 N–H and O–H groups in total. The summed E-state index contributed by atoms with van der Waals surface area (Å²) in [5.41, 5.74) is 8.35. The first-order valence-corrected chi connectivity index (χ1v) is 8.40. The molecule has 0 aliphatic rings. The highest BCUT2D eigenvalue weighted by Gasteiger charge is 2.13. The van der Waals surface area contributed by atoms with Crippen molar-refractivity contribution in [1.29, 1.82) is 0 Å². The lowest BCUT2D eigenvalue weighted by atomic mass is 10.2. The van der Waals surface area contributed by atoms with Crippen LogP contribution in [-0.2, 0) is 16.6 Å². The van der Waals surface area contributed by atoms with Crippen LogP contribution in [0.5, 0.6) is 0 Å². The van der Waals surface area contributed by atoms with E-state index in [0.29, 0.717) is 6.54 Å². The standard InChI is InChI=1S/C13H17N3O2S2/c1-9-3-4-10(20(17,18)15-2)7-12(9)16-8-13-11(14)5-6-19-13/h3-7,15-16H,8,14H2,1-2H3. The van der Waals surface area contributed by atoms with Crippen molar-refractivity contribution in [3.63, 3.8) is 0 Å². The van der Waals surface area contributed by atoms with Crippen LogP contribution in [0.3, 0.4) is 0 Å². The lowest BCUT2D eigenvalue weighted by Gasteiger charge is -2.11. The molecule has 2 aromatic rings. The second-order valence-electron chi connectivity index (χ2n) is 4.34. The van der Waals surface area contributed by atoms with Gasteiger partial charge in [0.1, 0.15) is 0 Å². The predicted octanol–water partition coefficient (Wildman–Crippen LogP) is 2.16. The molecule has 0 saturated heterocycles. The van der Waals surface area contributed by atoms with E-state index in [9.17, 15) is 8.42 Å². The number of nitrogens with two attached hydrogens (primary N) is 1. The summed E-state index contributed by atoms with van der Waals surface area (Å²) in [5.74, 6) is 0. The Balaban J connectivity index is 2.24. The molecule has 0 radical (unpaired) electrons. The molecule has 0 bridgehead atoms. The van der Waals surface area contributed by atoms with Crippen LogP contribution in [-0.4, -0.2) is 15.5 Å². The molecule has 0 fully saturated rings. The summed E-state index contributed by atoms with van der Waals surface area (Å²) in [7, 11) is -2.03. The highest BCUT2D eigenvalue weighted by atomic mass is 32.2. The lowest BCUT2D eigenvalue weighted by Crippen LogP contribution is -2.18. The maximum atomic E-state index is 11.8. The van der Waals surface area contributed by atoms with E-state index in [1.54, 1.807) is 29.5 Å². The Morgan fingerprint density at radius 2 is 2.05 bits per heavy atom. The number of sulfonamides is 1. The molecule has 1 heterocycles. The summed E-state index contributed by atoms with van der Waals surface area (Å²) >= 11 is 1.57. The van der Waals surface area contributed by atoms with E-state index in [4.69, 9.17) is 5.73 Å². The Morgan fingerprint density at radius 3 is 2.65 bits per heavy atom. The number of nitrogen functional groups attached to an aromatic ring is 1. The van der Waals surface area contributed by atoms with Gasteiger partial charge in [0, 0.05) is 16.3 Å². The summed E-state index contributed by atoms with van der Waals surface area (Å²) in [6.45, 7) is 2.50. The Labute approximate surface area is 122 Å². The molecule has 5 nitrogen and oxygen atoms in total. The zero-order valence-corrected chi connectivity index (χ0v) is 12.9. The fourth-order valence-corrected chi connectivity index (χ4v) is 3.24. The first-order chi connectivity index (χ1) is 9.44. The second kappa shape index (κ2) is 5.82. The predicted molar refractivity (Wildman–Crippen MR) is 83.5 cm³/mol. The van der Waals surface area contributed by atoms with Gasteiger partial charge in [0.25, 0.3) is 0 Å². The molecule has 108 valence electrons. The highest BCUT2D eigenvalue weighted by Crippen LogP contribution is 2.24. The summed E-state index contributed by atoms with van der Waals surface area (Å²) in [6, 6.07) is 6.86. The van der Waals surface area contributed by atoms with Crippen LogP contribution < -0.4 is 15.8 Å². The zero-order valence-electron chi connectivity index (χ0n) is 11.3. The molecule has 0 saturated carbocycles. The molecule has 0 aliphatic heterocycles. The third kappa shape index (κ3) is 3.12. The maximum Gasteiger partial charge on any atom is 0.240 e. The summed E-state index contributed by atoms with van der Waals surface area (Å²) in [5, 5.41) is 5.16. The van der Waals surface area contributed by atoms with Crippen molar-refractivity contribution in [3.05, 3.63) is 40.1 Å². The zero-order chi connectivity index (χ0) is 14.8. The van der Waals surface area contributed by atoms with E-state index in [1.807, 2.05) is 18.4 Å². The molecule has 0 spiro atoms. The number of anilines is 2. The van der Waals surface area contributed by atoms with Gasteiger partial charge in [0.05, 0.1) is 11.4 Å². The van der Waals surface area contributed by atoms with Gasteiger partial charge >= 0.3 is 0 Å². The molecule has 0 unspecified atom stereocenters. The minimum atomic E-state index is -3.43. The molecule has 0 amide bonds. The molecule has 20 heavy (non-hydrogen) atoms. The number of rotatable bonds is 5. The Hall–Kier alpha value is -1.57. The number of nitrogens with one attached hydrogen (secondary N) is 2. The van der Waals surface area contributed by atoms with Gasteiger partial charge in [-0.15, -0.1) is 11.3 Å². The molecule has 7 heteroatoms. The van der Waals surface area contributed by atoms with Crippen molar-refractivity contribution < 1.29 is 8.42 Å². The largest absolute Gasteiger partial charge is 0.398 e. The first kappa shape index (κ1) is 14.8. The van der Waals surface area contributed by atoms with Crippen LogP contribution in [0.15, 0.2) is 34.5 Å². The molecular formula is C13H17N3O2S2. The van der Waals surface area contributed by atoms with Gasteiger partial charge in [-0.05, 0) is 43.1 Å². The number of hydrogen-bond acceptors (Lipinski definition) is 5. The fraction of sp³-hybridized carbons (Fsp3) is 0.231. The summed E-state index contributed by atoms with van der Waals surface area (Å²) < 4.78 is 25.9. The maximum absolute atomic E-state index is 11.8. The average Bonchev–Trinajstić information content (AvgIpc) is 2.83. The van der Waals surface area contributed by atoms with E-state index < -0.39 is 10.0 Å². The summed E-state index contributed by atoms with van der Waals surface area (Å²) in [4.78, 5) is 1.28. The third-order valence-corrected chi connectivity index (χ3v) is 5.36. The number of aryl methyl sites for hydroxylation is 1. The first-order valence-electron chi connectivity index (χ1n) is 6.04. The van der Waals surface area contributed by atoms with Crippen molar-refractivity contribution in [2.45, 2.75) is 18.4 Å². The Kier molecular flexibility index (Phi) is 4.32. The van der Waals surface area contributed by atoms with Crippen LogP contribution >= 0.6 is 11.3 Å². The smallest absolute Gasteiger partial charge is 0.240 e. The van der Waals surface area contributed by atoms with E-state index in [1.165, 1.54) is 7.05 Å². The van der Waals surface area contributed by atoms with Crippen molar-refractivity contribution >= 4 is 32.7 Å². The minimum Gasteiger partial charge on any atom is -0.398 e. The van der Waals surface area contributed by atoms with Crippen molar-refractivity contribution in [2.24, 2.45) is 0 Å². The topological polar surface area (TPSA) is 84.2 Å². The highest BCUT2D eigenvalue weighted by molar-refractivity contribution is 7.89. The SMILES string of the molecule is CNS(=O)(=O)c1ccc(C)c(NCc2sccc2N)c1. The lowest BCUT2D eigenvalue weighted by molar-refractivity contribution is 0.588. The minimum absolute atomic E-state index is 0.243. The van der Waals surface area contributed by atoms with Crippen LogP contribution in [0.1, 0.15) is 10.4 Å².